The van der Waals surface area contributed by atoms with Crippen LogP contribution in [0.4, 0.5) is 0 Å². The van der Waals surface area contributed by atoms with Crippen LogP contribution in [-0.2, 0) is 21.2 Å². The lowest BCUT2D eigenvalue weighted by atomic mass is 9.98. The molecule has 2 saturated heterocycles. The van der Waals surface area contributed by atoms with Crippen LogP contribution in [0.25, 0.3) is 0 Å². The van der Waals surface area contributed by atoms with Crippen molar-refractivity contribution >= 4 is 43.2 Å². The van der Waals surface area contributed by atoms with E-state index in [0.29, 0.717) is 25.6 Å². The van der Waals surface area contributed by atoms with Gasteiger partial charge in [0.2, 0.25) is 5.91 Å². The number of hydrogen-bond acceptors (Lipinski definition) is 5. The van der Waals surface area contributed by atoms with Crippen molar-refractivity contribution in [2.24, 2.45) is 0 Å². The highest BCUT2D eigenvalue weighted by molar-refractivity contribution is 9.11. The maximum atomic E-state index is 13.5. The second-order valence-electron chi connectivity index (χ2n) is 8.58. The van der Waals surface area contributed by atoms with Crippen LogP contribution in [0, 0.1) is 0 Å². The SMILES string of the molecule is O=C([C@H](Cc1ccccc1)NS(=O)(=O)c1ccc(Br)s1)N1CCC(N2CCCCC2)CC1. The van der Waals surface area contributed by atoms with E-state index in [9.17, 15) is 13.2 Å². The summed E-state index contributed by atoms with van der Waals surface area (Å²) in [5, 5.41) is 0. The molecule has 32 heavy (non-hydrogen) atoms. The molecule has 9 heteroatoms. The van der Waals surface area contributed by atoms with Crippen LogP contribution in [0.5, 0.6) is 0 Å². The van der Waals surface area contributed by atoms with Crippen molar-refractivity contribution in [1.82, 2.24) is 14.5 Å². The number of benzene rings is 1. The van der Waals surface area contributed by atoms with Gasteiger partial charge in [-0.15, -0.1) is 11.3 Å². The summed E-state index contributed by atoms with van der Waals surface area (Å²) in [6, 6.07) is 12.6. The first-order valence-corrected chi connectivity index (χ1v) is 14.4. The Hall–Kier alpha value is -1.26. The summed E-state index contributed by atoms with van der Waals surface area (Å²) in [4.78, 5) is 17.9. The van der Waals surface area contributed by atoms with Crippen molar-refractivity contribution < 1.29 is 13.2 Å². The van der Waals surface area contributed by atoms with E-state index in [0.717, 1.165) is 46.6 Å². The number of nitrogens with zero attached hydrogens (tertiary/aromatic N) is 2. The fourth-order valence-corrected chi connectivity index (χ4v) is 7.89. The smallest absolute Gasteiger partial charge is 0.250 e. The van der Waals surface area contributed by atoms with Crippen LogP contribution < -0.4 is 4.72 Å². The molecule has 3 heterocycles. The summed E-state index contributed by atoms with van der Waals surface area (Å²) in [5.74, 6) is -0.134. The molecule has 2 aromatic rings. The van der Waals surface area contributed by atoms with Gasteiger partial charge >= 0.3 is 0 Å². The van der Waals surface area contributed by atoms with Gasteiger partial charge in [-0.05, 0) is 78.8 Å². The lowest BCUT2D eigenvalue weighted by Crippen LogP contribution is -2.54. The van der Waals surface area contributed by atoms with Crippen LogP contribution in [0.15, 0.2) is 50.5 Å². The number of thiophene rings is 1. The van der Waals surface area contributed by atoms with Crippen LogP contribution in [0.2, 0.25) is 0 Å². The monoisotopic (exact) mass is 539 g/mol. The molecule has 6 nitrogen and oxygen atoms in total. The van der Waals surface area contributed by atoms with E-state index >= 15 is 0 Å². The number of likely N-dealkylation sites (tertiary alicyclic amines) is 2. The van der Waals surface area contributed by atoms with Gasteiger partial charge in [0.1, 0.15) is 10.3 Å². The minimum absolute atomic E-state index is 0.134. The molecule has 0 spiro atoms. The molecule has 2 fully saturated rings. The molecule has 4 rings (SSSR count). The summed E-state index contributed by atoms with van der Waals surface area (Å²) in [6.07, 6.45) is 6.08. The lowest BCUT2D eigenvalue weighted by molar-refractivity contribution is -0.134. The largest absolute Gasteiger partial charge is 0.341 e. The van der Waals surface area contributed by atoms with Crippen molar-refractivity contribution in [3.8, 4) is 0 Å². The third-order valence-corrected chi connectivity index (χ3v) is 9.96. The third-order valence-electron chi connectivity index (χ3n) is 6.37. The van der Waals surface area contributed by atoms with E-state index in [4.69, 9.17) is 0 Å². The maximum Gasteiger partial charge on any atom is 0.250 e. The quantitative estimate of drug-likeness (QED) is 0.579. The van der Waals surface area contributed by atoms with Gasteiger partial charge in [-0.25, -0.2) is 8.42 Å². The molecular weight excluding hydrogens is 510 g/mol. The topological polar surface area (TPSA) is 69.7 Å². The van der Waals surface area contributed by atoms with Gasteiger partial charge in [0.15, 0.2) is 0 Å². The van der Waals surface area contributed by atoms with Crippen LogP contribution in [0.3, 0.4) is 0 Å². The van der Waals surface area contributed by atoms with Gasteiger partial charge in [-0.1, -0.05) is 36.8 Å². The van der Waals surface area contributed by atoms with E-state index in [2.05, 4.69) is 25.6 Å². The molecule has 1 aromatic heterocycles. The molecule has 2 aliphatic rings. The molecule has 1 aromatic carbocycles. The molecule has 2 aliphatic heterocycles. The van der Waals surface area contributed by atoms with Crippen molar-refractivity contribution in [2.45, 2.75) is 54.8 Å². The Balaban J connectivity index is 1.46. The van der Waals surface area contributed by atoms with Gasteiger partial charge in [0, 0.05) is 19.1 Å². The zero-order chi connectivity index (χ0) is 22.6. The minimum atomic E-state index is -3.79. The number of rotatable bonds is 7. The van der Waals surface area contributed by atoms with E-state index in [1.165, 1.54) is 19.3 Å². The summed E-state index contributed by atoms with van der Waals surface area (Å²) in [7, 11) is -3.79. The number of carbonyl (C=O) groups is 1. The van der Waals surface area contributed by atoms with Gasteiger partial charge in [-0.3, -0.25) is 4.79 Å². The molecule has 1 atom stereocenters. The fraction of sp³-hybridized carbons (Fsp3) is 0.522. The molecule has 0 unspecified atom stereocenters. The summed E-state index contributed by atoms with van der Waals surface area (Å²) in [5.41, 5.74) is 0.934. The average Bonchev–Trinajstić information content (AvgIpc) is 3.27. The Morgan fingerprint density at radius 2 is 1.72 bits per heavy atom. The first kappa shape index (κ1) is 23.9. The molecular formula is C23H30BrN3O3S2. The van der Waals surface area contributed by atoms with Crippen molar-refractivity contribution in [2.75, 3.05) is 26.2 Å². The van der Waals surface area contributed by atoms with E-state index < -0.39 is 16.1 Å². The molecule has 0 bridgehead atoms. The van der Waals surface area contributed by atoms with E-state index in [1.807, 2.05) is 35.2 Å². The van der Waals surface area contributed by atoms with E-state index in [1.54, 1.807) is 12.1 Å². The highest BCUT2D eigenvalue weighted by Gasteiger charge is 2.33. The number of nitrogens with one attached hydrogen (secondary N) is 1. The van der Waals surface area contributed by atoms with Crippen molar-refractivity contribution in [1.29, 1.82) is 0 Å². The summed E-state index contributed by atoms with van der Waals surface area (Å²) in [6.45, 7) is 3.67. The predicted molar refractivity (Wildman–Crippen MR) is 131 cm³/mol. The van der Waals surface area contributed by atoms with Crippen LogP contribution in [0.1, 0.15) is 37.7 Å². The number of halogens is 1. The van der Waals surface area contributed by atoms with Gasteiger partial charge in [0.25, 0.3) is 10.0 Å². The van der Waals surface area contributed by atoms with Crippen LogP contribution in [-0.4, -0.2) is 62.4 Å². The van der Waals surface area contributed by atoms with Crippen molar-refractivity contribution in [3.63, 3.8) is 0 Å². The first-order valence-electron chi connectivity index (χ1n) is 11.3. The normalized spacial score (nSPS) is 19.7. The predicted octanol–water partition coefficient (Wildman–Crippen LogP) is 3.88. The third kappa shape index (κ3) is 5.99. The standard InChI is InChI=1S/C23H30BrN3O3S2/c24-21-9-10-22(31-21)32(29,30)25-20(17-18-7-3-1-4-8-18)23(28)27-15-11-19(12-16-27)26-13-5-2-6-14-26/h1,3-4,7-10,19-20,25H,2,5-6,11-17H2/t20-/m0/s1. The molecule has 0 radical (unpaired) electrons. The molecule has 1 N–H and O–H groups in total. The highest BCUT2D eigenvalue weighted by Crippen LogP contribution is 2.27. The van der Waals surface area contributed by atoms with Crippen LogP contribution >= 0.6 is 27.3 Å². The average molecular weight is 541 g/mol. The summed E-state index contributed by atoms with van der Waals surface area (Å²) < 4.78 is 29.6. The lowest BCUT2D eigenvalue weighted by Gasteiger charge is -2.41. The number of sulfonamides is 1. The Bertz CT molecular complexity index is 999. The number of amides is 1. The number of hydrogen-bond donors (Lipinski definition) is 1. The second kappa shape index (κ2) is 10.8. The zero-order valence-corrected chi connectivity index (χ0v) is 21.3. The highest BCUT2D eigenvalue weighted by atomic mass is 79.9. The second-order valence-corrected chi connectivity index (χ2v) is 13.0. The number of carbonyl (C=O) groups excluding carboxylic acids is 1. The zero-order valence-electron chi connectivity index (χ0n) is 18.1. The first-order chi connectivity index (χ1) is 15.4. The summed E-state index contributed by atoms with van der Waals surface area (Å²) >= 11 is 4.46. The van der Waals surface area contributed by atoms with E-state index in [-0.39, 0.29) is 10.1 Å². The Kier molecular flexibility index (Phi) is 8.04. The Labute approximate surface area is 203 Å². The van der Waals surface area contributed by atoms with Gasteiger partial charge in [0.05, 0.1) is 3.79 Å². The molecule has 0 saturated carbocycles. The maximum absolute atomic E-state index is 13.5. The minimum Gasteiger partial charge on any atom is -0.341 e. The Morgan fingerprint density at radius 3 is 2.34 bits per heavy atom. The molecule has 0 aliphatic carbocycles. The van der Waals surface area contributed by atoms with Gasteiger partial charge in [-0.2, -0.15) is 4.72 Å². The van der Waals surface area contributed by atoms with Crippen molar-refractivity contribution in [3.05, 3.63) is 51.8 Å². The molecule has 1 amide bonds. The Morgan fingerprint density at radius 1 is 1.03 bits per heavy atom. The fourth-order valence-electron chi connectivity index (χ4n) is 4.67. The number of piperidine rings is 2. The van der Waals surface area contributed by atoms with Gasteiger partial charge < -0.3 is 9.80 Å². The molecule has 174 valence electrons.